The van der Waals surface area contributed by atoms with Crippen LogP contribution in [-0.4, -0.2) is 41.5 Å². The Morgan fingerprint density at radius 3 is 2.17 bits per heavy atom. The number of carbonyl (C=O) groups excluding carboxylic acids is 1. The Hall–Kier alpha value is -2.93. The number of piperidine rings is 1. The Kier molecular flexibility index (Phi) is 4.70. The molecule has 0 N–H and O–H groups in total. The number of rotatable bonds is 4. The third kappa shape index (κ3) is 3.23. The van der Waals surface area contributed by atoms with Gasteiger partial charge in [0.15, 0.2) is 15.6 Å². The predicted molar refractivity (Wildman–Crippen MR) is 112 cm³/mol. The van der Waals surface area contributed by atoms with Crippen LogP contribution in [0.5, 0.6) is 0 Å². The van der Waals surface area contributed by atoms with Gasteiger partial charge in [-0.2, -0.15) is 0 Å². The number of amides is 1. The quantitative estimate of drug-likeness (QED) is 0.636. The van der Waals surface area contributed by atoms with Crippen molar-refractivity contribution in [3.63, 3.8) is 0 Å². The summed E-state index contributed by atoms with van der Waals surface area (Å²) in [6.07, 6.45) is 4.08. The number of hydrogen-bond acceptors (Lipinski definition) is 5. The summed E-state index contributed by atoms with van der Waals surface area (Å²) in [5.74, 6) is 0.364. The van der Waals surface area contributed by atoms with Gasteiger partial charge >= 0.3 is 5.91 Å². The molecule has 0 saturated carbocycles. The molecule has 0 aliphatic carbocycles. The van der Waals surface area contributed by atoms with E-state index < -0.39 is 15.1 Å². The zero-order valence-corrected chi connectivity index (χ0v) is 17.2. The van der Waals surface area contributed by atoms with Crippen LogP contribution >= 0.6 is 0 Å². The van der Waals surface area contributed by atoms with E-state index >= 15 is 0 Å². The van der Waals surface area contributed by atoms with E-state index in [0.717, 1.165) is 18.4 Å². The highest BCUT2D eigenvalue weighted by molar-refractivity contribution is 7.92. The molecule has 1 aromatic heterocycles. The largest absolute Gasteiger partial charge is 0.432 e. The highest BCUT2D eigenvalue weighted by Gasteiger charge is 2.48. The number of oxazole rings is 1. The van der Waals surface area contributed by atoms with E-state index in [4.69, 9.17) is 4.42 Å². The number of carbonyl (C=O) groups is 1. The molecule has 7 heteroatoms. The minimum absolute atomic E-state index is 0.0649. The minimum Gasteiger partial charge on any atom is -0.432 e. The first-order valence-electron chi connectivity index (χ1n) is 10.2. The fraction of sp³-hybridized carbons (Fsp3) is 0.304. The molecule has 5 rings (SSSR count). The Labute approximate surface area is 175 Å². The first-order chi connectivity index (χ1) is 14.5. The van der Waals surface area contributed by atoms with Gasteiger partial charge in [-0.3, -0.25) is 4.79 Å². The first kappa shape index (κ1) is 19.1. The average Bonchev–Trinajstić information content (AvgIpc) is 3.37. The standard InChI is InChI=1S/C23H22N2O4S/c26-23(22-24-15-21(29-22)16-7-3-1-4-8-16)25-17-11-12-18(25)14-20(13-17)30(27,28)19-9-5-2-6-10-19/h1-10,15,17-18,20H,11-14H2. The molecule has 2 aliphatic heterocycles. The van der Waals surface area contributed by atoms with Gasteiger partial charge in [0.25, 0.3) is 5.89 Å². The van der Waals surface area contributed by atoms with Crippen LogP contribution < -0.4 is 0 Å². The SMILES string of the molecule is O=C(c1ncc(-c2ccccc2)o1)N1C2CCC1CC(S(=O)(=O)c1ccccc1)C2. The van der Waals surface area contributed by atoms with Crippen molar-refractivity contribution in [2.45, 2.75) is 47.9 Å². The first-order valence-corrected chi connectivity index (χ1v) is 11.7. The summed E-state index contributed by atoms with van der Waals surface area (Å²) in [6.45, 7) is 0. The minimum atomic E-state index is -3.41. The molecule has 6 nitrogen and oxygen atoms in total. The highest BCUT2D eigenvalue weighted by Crippen LogP contribution is 2.40. The molecule has 0 radical (unpaired) electrons. The van der Waals surface area contributed by atoms with Gasteiger partial charge in [-0.05, 0) is 37.8 Å². The van der Waals surface area contributed by atoms with Gasteiger partial charge in [0.2, 0.25) is 0 Å². The van der Waals surface area contributed by atoms with Gasteiger partial charge in [0, 0.05) is 17.6 Å². The van der Waals surface area contributed by atoms with Gasteiger partial charge in [0.05, 0.1) is 16.3 Å². The summed E-state index contributed by atoms with van der Waals surface area (Å²) < 4.78 is 31.9. The van der Waals surface area contributed by atoms with Gasteiger partial charge in [-0.1, -0.05) is 48.5 Å². The number of nitrogens with zero attached hydrogens (tertiary/aromatic N) is 2. The lowest BCUT2D eigenvalue weighted by atomic mass is 10.0. The molecule has 3 heterocycles. The lowest BCUT2D eigenvalue weighted by Crippen LogP contribution is -2.49. The lowest BCUT2D eigenvalue weighted by molar-refractivity contribution is 0.0558. The van der Waals surface area contributed by atoms with Crippen molar-refractivity contribution >= 4 is 15.7 Å². The molecule has 2 aromatic carbocycles. The molecule has 30 heavy (non-hydrogen) atoms. The smallest absolute Gasteiger partial charge is 0.310 e. The molecule has 2 fully saturated rings. The fourth-order valence-electron chi connectivity index (χ4n) is 4.73. The normalized spacial score (nSPS) is 23.5. The second-order valence-corrected chi connectivity index (χ2v) is 10.2. The van der Waals surface area contributed by atoms with E-state index in [1.165, 1.54) is 0 Å². The van der Waals surface area contributed by atoms with Crippen molar-refractivity contribution in [2.75, 3.05) is 0 Å². The Bertz CT molecular complexity index is 1140. The molecular weight excluding hydrogens is 400 g/mol. The third-order valence-corrected chi connectivity index (χ3v) is 8.37. The molecule has 2 saturated heterocycles. The predicted octanol–water partition coefficient (Wildman–Crippen LogP) is 3.95. The molecule has 154 valence electrons. The van der Waals surface area contributed by atoms with E-state index in [0.29, 0.717) is 23.5 Å². The van der Waals surface area contributed by atoms with Crippen LogP contribution in [0.4, 0.5) is 0 Å². The van der Waals surface area contributed by atoms with Crippen LogP contribution in [0.15, 0.2) is 76.2 Å². The van der Waals surface area contributed by atoms with Gasteiger partial charge in [-0.15, -0.1) is 0 Å². The number of aromatic nitrogens is 1. The van der Waals surface area contributed by atoms with Gasteiger partial charge in [0.1, 0.15) is 0 Å². The monoisotopic (exact) mass is 422 g/mol. The topological polar surface area (TPSA) is 80.5 Å². The fourth-order valence-corrected chi connectivity index (χ4v) is 6.61. The van der Waals surface area contributed by atoms with Crippen molar-refractivity contribution in [3.8, 4) is 11.3 Å². The van der Waals surface area contributed by atoms with E-state index in [9.17, 15) is 13.2 Å². The Morgan fingerprint density at radius 2 is 1.53 bits per heavy atom. The Morgan fingerprint density at radius 1 is 0.933 bits per heavy atom. The molecule has 2 bridgehead atoms. The highest BCUT2D eigenvalue weighted by atomic mass is 32.2. The number of fused-ring (bicyclic) bond motifs is 2. The molecule has 2 unspecified atom stereocenters. The van der Waals surface area contributed by atoms with Crippen molar-refractivity contribution in [2.24, 2.45) is 0 Å². The van der Waals surface area contributed by atoms with Crippen LogP contribution in [-0.2, 0) is 9.84 Å². The maximum Gasteiger partial charge on any atom is 0.310 e. The molecule has 0 spiro atoms. The van der Waals surface area contributed by atoms with Gasteiger partial charge < -0.3 is 9.32 Å². The van der Waals surface area contributed by atoms with Gasteiger partial charge in [-0.25, -0.2) is 13.4 Å². The van der Waals surface area contributed by atoms with Crippen molar-refractivity contribution in [3.05, 3.63) is 72.8 Å². The van der Waals surface area contributed by atoms with Crippen molar-refractivity contribution in [1.29, 1.82) is 0 Å². The molecule has 2 atom stereocenters. The molecular formula is C23H22N2O4S. The van der Waals surface area contributed by atoms with Crippen LogP contribution in [0.3, 0.4) is 0 Å². The van der Waals surface area contributed by atoms with Crippen LogP contribution in [0.25, 0.3) is 11.3 Å². The molecule has 1 amide bonds. The van der Waals surface area contributed by atoms with E-state index in [1.807, 2.05) is 36.4 Å². The van der Waals surface area contributed by atoms with Crippen molar-refractivity contribution in [1.82, 2.24) is 9.88 Å². The zero-order valence-electron chi connectivity index (χ0n) is 16.3. The van der Waals surface area contributed by atoms with Crippen LogP contribution in [0.2, 0.25) is 0 Å². The van der Waals surface area contributed by atoms with E-state index in [2.05, 4.69) is 4.98 Å². The van der Waals surface area contributed by atoms with Crippen LogP contribution in [0.1, 0.15) is 36.4 Å². The summed E-state index contributed by atoms with van der Waals surface area (Å²) in [4.78, 5) is 19.5. The zero-order chi connectivity index (χ0) is 20.7. The summed E-state index contributed by atoms with van der Waals surface area (Å²) in [5.41, 5.74) is 0.861. The summed E-state index contributed by atoms with van der Waals surface area (Å²) in [5, 5.41) is -0.467. The third-order valence-electron chi connectivity index (χ3n) is 6.18. The summed E-state index contributed by atoms with van der Waals surface area (Å²) in [7, 11) is -3.41. The number of sulfone groups is 1. The second kappa shape index (κ2) is 7.40. The lowest BCUT2D eigenvalue weighted by Gasteiger charge is -2.37. The Balaban J connectivity index is 1.36. The van der Waals surface area contributed by atoms with E-state index in [1.54, 1.807) is 35.4 Å². The van der Waals surface area contributed by atoms with E-state index in [-0.39, 0.29) is 23.9 Å². The number of benzene rings is 2. The summed E-state index contributed by atoms with van der Waals surface area (Å²) >= 11 is 0. The maximum atomic E-state index is 13.2. The average molecular weight is 423 g/mol. The summed E-state index contributed by atoms with van der Waals surface area (Å²) in [6, 6.07) is 17.9. The maximum absolute atomic E-state index is 13.2. The van der Waals surface area contributed by atoms with Crippen molar-refractivity contribution < 1.29 is 17.6 Å². The molecule has 2 aliphatic rings. The molecule has 3 aromatic rings. The van der Waals surface area contributed by atoms with Crippen LogP contribution in [0, 0.1) is 0 Å². The second-order valence-electron chi connectivity index (χ2n) is 7.94. The number of hydrogen-bond donors (Lipinski definition) is 0.